The highest BCUT2D eigenvalue weighted by Gasteiger charge is 2.42. The molecule has 7 aromatic rings. The van der Waals surface area contributed by atoms with Gasteiger partial charge in [0.2, 0.25) is 0 Å². The van der Waals surface area contributed by atoms with Crippen molar-refractivity contribution in [3.63, 3.8) is 0 Å². The van der Waals surface area contributed by atoms with Gasteiger partial charge in [-0.15, -0.1) is 0 Å². The van der Waals surface area contributed by atoms with Crippen molar-refractivity contribution in [1.29, 1.82) is 0 Å². The molecular formula is C69H81BN2O. The number of fused-ring (bicyclic) bond motifs is 6. The lowest BCUT2D eigenvalue weighted by molar-refractivity contribution is 0.487. The highest BCUT2D eigenvalue weighted by molar-refractivity contribution is 6.97. The molecule has 0 aliphatic carbocycles. The smallest absolute Gasteiger partial charge is 0.251 e. The Morgan fingerprint density at radius 3 is 0.918 bits per heavy atom. The number of ether oxygens (including phenoxy) is 1. The van der Waals surface area contributed by atoms with Crippen molar-refractivity contribution in [1.82, 2.24) is 0 Å². The Hall–Kier alpha value is -6.00. The van der Waals surface area contributed by atoms with E-state index in [9.17, 15) is 0 Å². The minimum absolute atomic E-state index is 0.0398. The van der Waals surface area contributed by atoms with Gasteiger partial charge in [-0.25, -0.2) is 0 Å². The number of hydrogen-bond acceptors (Lipinski definition) is 3. The van der Waals surface area contributed by atoms with Crippen LogP contribution in [0.15, 0.2) is 121 Å². The zero-order valence-electron chi connectivity index (χ0n) is 47.5. The number of nitrogens with zero attached hydrogens (tertiary/aromatic N) is 2. The number of rotatable bonds is 10. The van der Waals surface area contributed by atoms with Gasteiger partial charge in [-0.2, -0.15) is 0 Å². The maximum Gasteiger partial charge on any atom is 0.251 e. The standard InChI is InChI=1S/C69H81BN2O/c1-39(2)46-19-27-61-55(33-46)68(15,16)56-34-47(40(3)4)20-28-62(56)71(61)51-23-25-59-65(37-51)73-66-38-52(24-26-60(66)70(59)67-53(44(11)12)31-50(43(9)10)32-54(67)45(13)14)72-63-29-21-48(41(5)6)35-57(63)69(17,18)58-36-49(42(7)8)22-30-64(58)72/h19-45H,1-18H3. The molecule has 0 fully saturated rings. The van der Waals surface area contributed by atoms with Crippen LogP contribution >= 0.6 is 0 Å². The van der Waals surface area contributed by atoms with Gasteiger partial charge >= 0.3 is 0 Å². The summed E-state index contributed by atoms with van der Waals surface area (Å²) in [4.78, 5) is 5.04. The van der Waals surface area contributed by atoms with Gasteiger partial charge in [-0.1, -0.05) is 203 Å². The van der Waals surface area contributed by atoms with Crippen molar-refractivity contribution < 1.29 is 4.74 Å². The molecule has 3 nitrogen and oxygen atoms in total. The lowest BCUT2D eigenvalue weighted by Crippen LogP contribution is -2.57. The second-order valence-electron chi connectivity index (χ2n) is 25.2. The highest BCUT2D eigenvalue weighted by Crippen LogP contribution is 2.55. The minimum Gasteiger partial charge on any atom is -0.458 e. The van der Waals surface area contributed by atoms with Crippen LogP contribution in [0.1, 0.15) is 227 Å². The third-order valence-corrected chi connectivity index (χ3v) is 17.2. The predicted octanol–water partition coefficient (Wildman–Crippen LogP) is 18.4. The fraction of sp³-hybridized carbons (Fsp3) is 0.391. The Kier molecular flexibility index (Phi) is 12.8. The lowest BCUT2D eigenvalue weighted by atomic mass is 9.34. The van der Waals surface area contributed by atoms with E-state index in [1.165, 1.54) is 100 Å². The Labute approximate surface area is 440 Å². The molecule has 0 atom stereocenters. The summed E-state index contributed by atoms with van der Waals surface area (Å²) in [6, 6.07) is 48.1. The molecule has 0 unspecified atom stereocenters. The Bertz CT molecular complexity index is 2960. The summed E-state index contributed by atoms with van der Waals surface area (Å²) < 4.78 is 7.54. The van der Waals surface area contributed by atoms with E-state index in [1.54, 1.807) is 0 Å². The number of benzene rings is 7. The number of anilines is 6. The van der Waals surface area contributed by atoms with Gasteiger partial charge in [0.05, 0.1) is 22.7 Å². The van der Waals surface area contributed by atoms with Crippen LogP contribution in [0.5, 0.6) is 11.5 Å². The molecule has 10 rings (SSSR count). The first-order valence-corrected chi connectivity index (χ1v) is 27.8. The maximum atomic E-state index is 7.54. The average Bonchev–Trinajstić information content (AvgIpc) is 3.34. The fourth-order valence-electron chi connectivity index (χ4n) is 12.5. The second-order valence-corrected chi connectivity index (χ2v) is 25.2. The summed E-state index contributed by atoms with van der Waals surface area (Å²) in [5.74, 6) is 4.59. The molecule has 376 valence electrons. The Morgan fingerprint density at radius 1 is 0.342 bits per heavy atom. The summed E-state index contributed by atoms with van der Waals surface area (Å²) in [5.41, 5.74) is 25.8. The monoisotopic (exact) mass is 965 g/mol. The second kappa shape index (κ2) is 18.4. The van der Waals surface area contributed by atoms with Crippen molar-refractivity contribution >= 4 is 57.2 Å². The SMILES string of the molecule is CC(C)c1cc(C(C)C)c(B2c3ccc(N4c5ccc(C(C)C)cc5C(C)(C)c5cc(C(C)C)ccc54)cc3Oc3cc(N4c5ccc(C(C)C)cc5C(C)(C)c5cc(C(C)C)ccc54)ccc32)c(C(C)C)c1. The van der Waals surface area contributed by atoms with Gasteiger partial charge in [0, 0.05) is 34.3 Å². The molecule has 0 saturated heterocycles. The van der Waals surface area contributed by atoms with E-state index in [0.29, 0.717) is 41.4 Å². The summed E-state index contributed by atoms with van der Waals surface area (Å²) >= 11 is 0. The summed E-state index contributed by atoms with van der Waals surface area (Å²) in [6.45, 7) is 42.3. The van der Waals surface area contributed by atoms with Crippen LogP contribution in [0.25, 0.3) is 0 Å². The topological polar surface area (TPSA) is 15.7 Å². The van der Waals surface area contributed by atoms with Crippen molar-refractivity contribution in [2.24, 2.45) is 0 Å². The van der Waals surface area contributed by atoms with Crippen LogP contribution in [-0.2, 0) is 10.8 Å². The van der Waals surface area contributed by atoms with Gasteiger partial charge in [0.25, 0.3) is 6.71 Å². The minimum atomic E-state index is -0.196. The zero-order chi connectivity index (χ0) is 52.3. The van der Waals surface area contributed by atoms with Crippen molar-refractivity contribution in [3.8, 4) is 11.5 Å². The number of hydrogen-bond donors (Lipinski definition) is 0. The van der Waals surface area contributed by atoms with E-state index in [0.717, 1.165) is 22.9 Å². The van der Waals surface area contributed by atoms with E-state index in [4.69, 9.17) is 4.74 Å². The first kappa shape index (κ1) is 50.5. The van der Waals surface area contributed by atoms with E-state index in [1.807, 2.05) is 0 Å². The quantitative estimate of drug-likeness (QED) is 0.127. The lowest BCUT2D eigenvalue weighted by Gasteiger charge is -2.43. The highest BCUT2D eigenvalue weighted by atomic mass is 16.5. The summed E-state index contributed by atoms with van der Waals surface area (Å²) in [7, 11) is 0. The fourth-order valence-corrected chi connectivity index (χ4v) is 12.5. The van der Waals surface area contributed by atoms with Gasteiger partial charge in [-0.3, -0.25) is 0 Å². The largest absolute Gasteiger partial charge is 0.458 e. The van der Waals surface area contributed by atoms with Crippen LogP contribution in [0.3, 0.4) is 0 Å². The average molecular weight is 965 g/mol. The van der Waals surface area contributed by atoms with E-state index < -0.39 is 0 Å². The van der Waals surface area contributed by atoms with Crippen molar-refractivity contribution in [2.75, 3.05) is 9.80 Å². The molecule has 0 saturated carbocycles. The van der Waals surface area contributed by atoms with Crippen molar-refractivity contribution in [2.45, 2.75) is 177 Å². The maximum absolute atomic E-state index is 7.54. The molecule has 4 heteroatoms. The first-order chi connectivity index (χ1) is 34.5. The molecule has 3 heterocycles. The summed E-state index contributed by atoms with van der Waals surface area (Å²) in [6.07, 6.45) is 0. The van der Waals surface area contributed by atoms with E-state index >= 15 is 0 Å². The van der Waals surface area contributed by atoms with Gasteiger partial charge < -0.3 is 14.5 Å². The molecule has 3 aliphatic rings. The van der Waals surface area contributed by atoms with Crippen LogP contribution in [-0.4, -0.2) is 6.71 Å². The van der Waals surface area contributed by atoms with E-state index in [-0.39, 0.29) is 17.5 Å². The molecule has 3 aliphatic heterocycles. The molecule has 7 aromatic carbocycles. The normalized spacial score (nSPS) is 15.3. The van der Waals surface area contributed by atoms with E-state index in [2.05, 4.69) is 256 Å². The first-order valence-electron chi connectivity index (χ1n) is 27.8. The third kappa shape index (κ3) is 8.35. The van der Waals surface area contributed by atoms with Gasteiger partial charge in [0.15, 0.2) is 0 Å². The Morgan fingerprint density at radius 2 is 0.644 bits per heavy atom. The molecule has 73 heavy (non-hydrogen) atoms. The van der Waals surface area contributed by atoms with Crippen LogP contribution in [0.4, 0.5) is 34.1 Å². The van der Waals surface area contributed by atoms with Crippen LogP contribution in [0.2, 0.25) is 0 Å². The molecule has 0 aromatic heterocycles. The van der Waals surface area contributed by atoms with Gasteiger partial charge in [-0.05, 0) is 150 Å². The predicted molar refractivity (Wildman–Crippen MR) is 316 cm³/mol. The van der Waals surface area contributed by atoms with Crippen LogP contribution < -0.4 is 30.9 Å². The van der Waals surface area contributed by atoms with Crippen LogP contribution in [0, 0.1) is 0 Å². The third-order valence-electron chi connectivity index (χ3n) is 17.2. The molecular weight excluding hydrogens is 884 g/mol. The molecule has 0 bridgehead atoms. The molecule has 0 spiro atoms. The van der Waals surface area contributed by atoms with Crippen molar-refractivity contribution in [3.05, 3.63) is 183 Å². The Balaban J connectivity index is 1.22. The molecule has 0 radical (unpaired) electrons. The van der Waals surface area contributed by atoms with Gasteiger partial charge in [0.1, 0.15) is 11.5 Å². The summed E-state index contributed by atoms with van der Waals surface area (Å²) in [5, 5.41) is 0. The zero-order valence-corrected chi connectivity index (χ0v) is 47.5. The molecule has 0 amide bonds. The molecule has 0 N–H and O–H groups in total.